The first-order chi connectivity index (χ1) is 11.1. The summed E-state index contributed by atoms with van der Waals surface area (Å²) >= 11 is 23.4. The highest BCUT2D eigenvalue weighted by molar-refractivity contribution is 7.71. The third-order valence-corrected chi connectivity index (χ3v) is 4.36. The molecule has 0 amide bonds. The Morgan fingerprint density at radius 3 is 2.70 bits per heavy atom. The maximum atomic E-state index is 6.15. The van der Waals surface area contributed by atoms with Crippen molar-refractivity contribution in [2.24, 2.45) is 5.10 Å². The highest BCUT2D eigenvalue weighted by Gasteiger charge is 2.09. The second-order valence-electron chi connectivity index (χ2n) is 4.56. The standard InChI is InChI=1S/C15H9Cl3N4S/c16-11-5-1-3-9(7-11)14-20-21-15(23)22(14)19-8-10-4-2-6-12(17)13(10)18/h1-8H,(H,21,23). The van der Waals surface area contributed by atoms with E-state index >= 15 is 0 Å². The van der Waals surface area contributed by atoms with Crippen LogP contribution in [-0.4, -0.2) is 21.1 Å². The molecule has 0 radical (unpaired) electrons. The van der Waals surface area contributed by atoms with E-state index in [0.717, 1.165) is 5.56 Å². The Kier molecular flexibility index (Phi) is 4.82. The van der Waals surface area contributed by atoms with Crippen LogP contribution in [-0.2, 0) is 0 Å². The Morgan fingerprint density at radius 2 is 1.91 bits per heavy atom. The fourth-order valence-corrected chi connectivity index (χ4v) is 2.68. The molecule has 0 fully saturated rings. The Bertz CT molecular complexity index is 946. The fourth-order valence-electron chi connectivity index (χ4n) is 1.95. The number of nitrogens with one attached hydrogen (secondary N) is 1. The van der Waals surface area contributed by atoms with Crippen molar-refractivity contribution in [1.82, 2.24) is 14.9 Å². The van der Waals surface area contributed by atoms with Crippen LogP contribution in [0.25, 0.3) is 11.4 Å². The number of nitrogens with zero attached hydrogens (tertiary/aromatic N) is 3. The lowest BCUT2D eigenvalue weighted by molar-refractivity contribution is 0.871. The van der Waals surface area contributed by atoms with Gasteiger partial charge in [-0.2, -0.15) is 14.9 Å². The van der Waals surface area contributed by atoms with Gasteiger partial charge in [0.15, 0.2) is 5.82 Å². The van der Waals surface area contributed by atoms with E-state index in [1.807, 2.05) is 12.1 Å². The largest absolute Gasteiger partial charge is 0.250 e. The summed E-state index contributed by atoms with van der Waals surface area (Å²) in [7, 11) is 0. The zero-order valence-electron chi connectivity index (χ0n) is 11.5. The quantitative estimate of drug-likeness (QED) is 0.483. The molecule has 0 saturated heterocycles. The summed E-state index contributed by atoms with van der Waals surface area (Å²) in [6, 6.07) is 12.6. The molecule has 8 heteroatoms. The first-order valence-corrected chi connectivity index (χ1v) is 8.02. The SMILES string of the molecule is S=c1[nH]nc(-c2cccc(Cl)c2)n1N=Cc1cccc(Cl)c1Cl. The molecule has 2 aromatic carbocycles. The lowest BCUT2D eigenvalue weighted by Gasteiger charge is -2.02. The van der Waals surface area contributed by atoms with Gasteiger partial charge in [-0.05, 0) is 30.4 Å². The summed E-state index contributed by atoms with van der Waals surface area (Å²) in [5.74, 6) is 0.548. The smallest absolute Gasteiger partial charge is 0.216 e. The normalized spacial score (nSPS) is 11.3. The van der Waals surface area contributed by atoms with Gasteiger partial charge in [-0.15, -0.1) is 0 Å². The number of hydrogen-bond acceptors (Lipinski definition) is 3. The molecule has 0 aliphatic carbocycles. The van der Waals surface area contributed by atoms with Crippen LogP contribution in [0.5, 0.6) is 0 Å². The molecule has 0 aliphatic rings. The second-order valence-corrected chi connectivity index (χ2v) is 6.17. The third-order valence-electron chi connectivity index (χ3n) is 3.03. The molecule has 0 bridgehead atoms. The Balaban J connectivity index is 2.04. The molecule has 0 atom stereocenters. The predicted octanol–water partition coefficient (Wildman–Crippen LogP) is 5.45. The van der Waals surface area contributed by atoms with E-state index in [1.54, 1.807) is 36.5 Å². The van der Waals surface area contributed by atoms with E-state index in [2.05, 4.69) is 15.3 Å². The molecule has 0 unspecified atom stereocenters. The molecule has 4 nitrogen and oxygen atoms in total. The van der Waals surface area contributed by atoms with Crippen LogP contribution >= 0.6 is 47.0 Å². The minimum Gasteiger partial charge on any atom is -0.250 e. The van der Waals surface area contributed by atoms with Crippen LogP contribution in [0.15, 0.2) is 47.6 Å². The van der Waals surface area contributed by atoms with Gasteiger partial charge in [0.1, 0.15) is 0 Å². The molecular weight excluding hydrogens is 375 g/mol. The minimum atomic E-state index is 0.356. The maximum Gasteiger partial charge on any atom is 0.216 e. The Hall–Kier alpha value is -1.66. The molecule has 1 N–H and O–H groups in total. The monoisotopic (exact) mass is 382 g/mol. The summed E-state index contributed by atoms with van der Waals surface area (Å²) < 4.78 is 1.85. The van der Waals surface area contributed by atoms with Crippen molar-refractivity contribution in [3.8, 4) is 11.4 Å². The van der Waals surface area contributed by atoms with E-state index in [4.69, 9.17) is 47.0 Å². The zero-order valence-corrected chi connectivity index (χ0v) is 14.6. The van der Waals surface area contributed by atoms with Gasteiger partial charge in [0.25, 0.3) is 0 Å². The van der Waals surface area contributed by atoms with Crippen LogP contribution in [0.4, 0.5) is 0 Å². The number of rotatable bonds is 3. The summed E-state index contributed by atoms with van der Waals surface area (Å²) in [5, 5.41) is 12.8. The van der Waals surface area contributed by atoms with Crippen LogP contribution in [0, 0.1) is 4.77 Å². The highest BCUT2D eigenvalue weighted by Crippen LogP contribution is 2.25. The Morgan fingerprint density at radius 1 is 1.13 bits per heavy atom. The van der Waals surface area contributed by atoms with Crippen molar-refractivity contribution in [3.05, 3.63) is 67.9 Å². The van der Waals surface area contributed by atoms with Crippen molar-refractivity contribution < 1.29 is 0 Å². The predicted molar refractivity (Wildman–Crippen MR) is 97.3 cm³/mol. The molecule has 0 saturated carbocycles. The zero-order chi connectivity index (χ0) is 16.4. The van der Waals surface area contributed by atoms with Gasteiger partial charge in [0, 0.05) is 16.1 Å². The molecule has 0 spiro atoms. The number of hydrogen-bond donors (Lipinski definition) is 1. The molecule has 116 valence electrons. The first-order valence-electron chi connectivity index (χ1n) is 6.48. The van der Waals surface area contributed by atoms with E-state index in [9.17, 15) is 0 Å². The Labute approximate surface area is 152 Å². The third kappa shape index (κ3) is 3.48. The maximum absolute atomic E-state index is 6.15. The van der Waals surface area contributed by atoms with Gasteiger partial charge in [-0.1, -0.05) is 59.1 Å². The number of benzene rings is 2. The van der Waals surface area contributed by atoms with Gasteiger partial charge >= 0.3 is 0 Å². The molecule has 3 aromatic rings. The van der Waals surface area contributed by atoms with Gasteiger partial charge in [-0.25, -0.2) is 5.10 Å². The van der Waals surface area contributed by atoms with E-state index in [-0.39, 0.29) is 0 Å². The average molecular weight is 384 g/mol. The van der Waals surface area contributed by atoms with E-state index in [1.165, 1.54) is 4.68 Å². The lowest BCUT2D eigenvalue weighted by atomic mass is 10.2. The topological polar surface area (TPSA) is 46.0 Å². The van der Waals surface area contributed by atoms with Crippen LogP contribution in [0.2, 0.25) is 15.1 Å². The van der Waals surface area contributed by atoms with Gasteiger partial charge in [0.05, 0.1) is 16.3 Å². The van der Waals surface area contributed by atoms with Crippen LogP contribution in [0.3, 0.4) is 0 Å². The van der Waals surface area contributed by atoms with Crippen molar-refractivity contribution in [2.45, 2.75) is 0 Å². The summed E-state index contributed by atoms with van der Waals surface area (Å²) in [4.78, 5) is 0. The van der Waals surface area contributed by atoms with Crippen LogP contribution < -0.4 is 0 Å². The van der Waals surface area contributed by atoms with Gasteiger partial charge in [-0.3, -0.25) is 0 Å². The highest BCUT2D eigenvalue weighted by atomic mass is 35.5. The fraction of sp³-hybridized carbons (Fsp3) is 0. The van der Waals surface area contributed by atoms with Gasteiger partial charge < -0.3 is 0 Å². The summed E-state index contributed by atoms with van der Waals surface area (Å²) in [6.45, 7) is 0. The molecule has 0 aliphatic heterocycles. The van der Waals surface area contributed by atoms with Crippen molar-refractivity contribution in [3.63, 3.8) is 0 Å². The number of H-pyrrole nitrogens is 1. The molecule has 1 aromatic heterocycles. The number of aromatic amines is 1. The van der Waals surface area contributed by atoms with Crippen molar-refractivity contribution >= 4 is 53.2 Å². The molecule has 1 heterocycles. The van der Waals surface area contributed by atoms with Gasteiger partial charge in [0.2, 0.25) is 4.77 Å². The van der Waals surface area contributed by atoms with Crippen molar-refractivity contribution in [1.29, 1.82) is 0 Å². The average Bonchev–Trinajstić information content (AvgIpc) is 2.90. The molecule has 23 heavy (non-hydrogen) atoms. The van der Waals surface area contributed by atoms with E-state index in [0.29, 0.717) is 31.2 Å². The first kappa shape index (κ1) is 16.2. The lowest BCUT2D eigenvalue weighted by Crippen LogP contribution is -1.95. The second kappa shape index (κ2) is 6.84. The van der Waals surface area contributed by atoms with Crippen molar-refractivity contribution in [2.75, 3.05) is 0 Å². The summed E-state index contributed by atoms with van der Waals surface area (Å²) in [6.07, 6.45) is 1.58. The number of aromatic nitrogens is 3. The molecule has 3 rings (SSSR count). The minimum absolute atomic E-state index is 0.356. The summed E-state index contributed by atoms with van der Waals surface area (Å²) in [5.41, 5.74) is 1.47. The number of halogens is 3. The van der Waals surface area contributed by atoms with E-state index < -0.39 is 0 Å². The molecular formula is C15H9Cl3N4S. The van der Waals surface area contributed by atoms with Crippen LogP contribution in [0.1, 0.15) is 5.56 Å².